The zero-order valence-corrected chi connectivity index (χ0v) is 18.9. The lowest BCUT2D eigenvalue weighted by Gasteiger charge is -2.11. The van der Waals surface area contributed by atoms with Crippen molar-refractivity contribution >= 4 is 34.7 Å². The quantitative estimate of drug-likeness (QED) is 0.245. The number of aromatic nitrogens is 4. The molecule has 3 N–H and O–H groups in total. The van der Waals surface area contributed by atoms with Gasteiger partial charge in [0.25, 0.3) is 0 Å². The topological polar surface area (TPSA) is 112 Å². The van der Waals surface area contributed by atoms with E-state index in [-0.39, 0.29) is 11.6 Å². The van der Waals surface area contributed by atoms with Gasteiger partial charge in [-0.2, -0.15) is 20.2 Å². The van der Waals surface area contributed by atoms with Crippen LogP contribution < -0.4 is 16.2 Å². The van der Waals surface area contributed by atoms with Crippen LogP contribution in [0.4, 0.5) is 32.1 Å². The van der Waals surface area contributed by atoms with Gasteiger partial charge in [0, 0.05) is 48.0 Å². The first-order chi connectivity index (χ1) is 17.0. The molecule has 0 amide bonds. The molecular weight excluding hydrogens is 452 g/mol. The molecule has 11 heteroatoms. The molecule has 9 nitrogen and oxygen atoms in total. The molecule has 4 rings (SSSR count). The highest BCUT2D eigenvalue weighted by Gasteiger charge is 2.09. The molecule has 0 saturated carbocycles. The highest BCUT2D eigenvalue weighted by molar-refractivity contribution is 5.99. The predicted molar refractivity (Wildman–Crippen MR) is 132 cm³/mol. The van der Waals surface area contributed by atoms with Crippen molar-refractivity contribution in [2.24, 2.45) is 10.2 Å². The highest BCUT2D eigenvalue weighted by atomic mass is 19.1. The van der Waals surface area contributed by atoms with Gasteiger partial charge in [0.05, 0.1) is 17.1 Å². The number of benzene rings is 1. The van der Waals surface area contributed by atoms with Crippen LogP contribution in [-0.2, 0) is 0 Å². The average molecular weight is 473 g/mol. The monoisotopic (exact) mass is 473 g/mol. The molecule has 3 heterocycles. The molecule has 0 bridgehead atoms. The molecule has 1 aromatic carbocycles. The first-order valence-electron chi connectivity index (χ1n) is 10.5. The Balaban J connectivity index is 1.62. The minimum Gasteiger partial charge on any atom is -0.322 e. The fourth-order valence-corrected chi connectivity index (χ4v) is 2.93. The Morgan fingerprint density at radius 2 is 1.23 bits per heavy atom. The van der Waals surface area contributed by atoms with E-state index in [2.05, 4.69) is 46.3 Å². The number of anilines is 4. The molecule has 35 heavy (non-hydrogen) atoms. The van der Waals surface area contributed by atoms with E-state index < -0.39 is 11.6 Å². The van der Waals surface area contributed by atoms with Crippen molar-refractivity contribution in [2.45, 2.75) is 13.8 Å². The van der Waals surface area contributed by atoms with Crippen LogP contribution in [0.25, 0.3) is 0 Å². The van der Waals surface area contributed by atoms with Crippen molar-refractivity contribution in [1.29, 1.82) is 0 Å². The Bertz CT molecular complexity index is 1280. The van der Waals surface area contributed by atoms with Crippen LogP contribution in [0.3, 0.4) is 0 Å². The lowest BCUT2D eigenvalue weighted by molar-refractivity contribution is 0.586. The first-order valence-corrected chi connectivity index (χ1v) is 10.5. The van der Waals surface area contributed by atoms with Gasteiger partial charge in [-0.1, -0.05) is 0 Å². The normalized spacial score (nSPS) is 11.8. The van der Waals surface area contributed by atoms with Gasteiger partial charge in [0.1, 0.15) is 11.6 Å². The Hall–Kier alpha value is -4.80. The average Bonchev–Trinajstić information content (AvgIpc) is 2.88. The van der Waals surface area contributed by atoms with Crippen molar-refractivity contribution in [2.75, 3.05) is 16.2 Å². The molecule has 0 aliphatic heterocycles. The molecule has 0 atom stereocenters. The largest absolute Gasteiger partial charge is 0.322 e. The van der Waals surface area contributed by atoms with E-state index in [0.29, 0.717) is 23.1 Å². The van der Waals surface area contributed by atoms with E-state index in [1.807, 2.05) is 38.1 Å². The lowest BCUT2D eigenvalue weighted by Crippen LogP contribution is -2.07. The molecule has 176 valence electrons. The number of pyridine rings is 2. The van der Waals surface area contributed by atoms with Crippen LogP contribution in [0, 0.1) is 11.6 Å². The van der Waals surface area contributed by atoms with Gasteiger partial charge in [0.2, 0.25) is 5.95 Å². The zero-order chi connectivity index (χ0) is 24.6. The number of hydrogen-bond donors (Lipinski definition) is 3. The predicted octanol–water partition coefficient (Wildman–Crippen LogP) is 4.96. The lowest BCUT2D eigenvalue weighted by atomic mass is 10.2. The molecule has 0 aliphatic carbocycles. The van der Waals surface area contributed by atoms with Gasteiger partial charge in [-0.05, 0) is 50.2 Å². The molecule has 0 spiro atoms. The van der Waals surface area contributed by atoms with Crippen molar-refractivity contribution in [3.05, 3.63) is 96.1 Å². The third kappa shape index (κ3) is 6.38. The molecule has 0 saturated heterocycles. The summed E-state index contributed by atoms with van der Waals surface area (Å²) in [6.07, 6.45) is 6.68. The number of halogens is 2. The number of hydrogen-bond acceptors (Lipinski definition) is 9. The maximum absolute atomic E-state index is 14.2. The van der Waals surface area contributed by atoms with Crippen LogP contribution in [0.15, 0.2) is 83.5 Å². The van der Waals surface area contributed by atoms with E-state index >= 15 is 0 Å². The Morgan fingerprint density at radius 3 is 1.71 bits per heavy atom. The SMILES string of the molecule is CC(=NNc1cc(NN=C(C)c2ccncc2)nc(Nc2ccc(F)cc2F)n1)c1ccncc1. The van der Waals surface area contributed by atoms with E-state index in [1.54, 1.807) is 30.9 Å². The van der Waals surface area contributed by atoms with Crippen molar-refractivity contribution in [3.8, 4) is 0 Å². The molecular formula is C24H21F2N9. The van der Waals surface area contributed by atoms with Crippen LogP contribution >= 0.6 is 0 Å². The summed E-state index contributed by atoms with van der Waals surface area (Å²) in [5, 5.41) is 11.5. The summed E-state index contributed by atoms with van der Waals surface area (Å²) >= 11 is 0. The van der Waals surface area contributed by atoms with Crippen LogP contribution in [0.2, 0.25) is 0 Å². The van der Waals surface area contributed by atoms with Crippen molar-refractivity contribution < 1.29 is 8.78 Å². The number of rotatable bonds is 8. The number of hydrazone groups is 2. The molecule has 4 aromatic rings. The van der Waals surface area contributed by atoms with E-state index in [1.165, 1.54) is 6.07 Å². The number of nitrogens with zero attached hydrogens (tertiary/aromatic N) is 6. The van der Waals surface area contributed by atoms with E-state index in [0.717, 1.165) is 23.3 Å². The zero-order valence-electron chi connectivity index (χ0n) is 18.9. The third-order valence-electron chi connectivity index (χ3n) is 4.78. The summed E-state index contributed by atoms with van der Waals surface area (Å²) in [5.74, 6) is -0.778. The smallest absolute Gasteiger partial charge is 0.231 e. The van der Waals surface area contributed by atoms with Crippen LogP contribution in [0.5, 0.6) is 0 Å². The number of nitrogens with one attached hydrogen (secondary N) is 3. The molecule has 0 fully saturated rings. The maximum atomic E-state index is 14.2. The van der Waals surface area contributed by atoms with Crippen LogP contribution in [-0.4, -0.2) is 31.4 Å². The Kier molecular flexibility index (Phi) is 7.26. The summed E-state index contributed by atoms with van der Waals surface area (Å²) in [6, 6.07) is 12.1. The fourth-order valence-electron chi connectivity index (χ4n) is 2.93. The summed E-state index contributed by atoms with van der Waals surface area (Å²) < 4.78 is 27.5. The second-order valence-corrected chi connectivity index (χ2v) is 7.30. The summed E-state index contributed by atoms with van der Waals surface area (Å²) in [6.45, 7) is 3.66. The van der Waals surface area contributed by atoms with Gasteiger partial charge >= 0.3 is 0 Å². The summed E-state index contributed by atoms with van der Waals surface area (Å²) in [5.41, 5.74) is 8.93. The minimum absolute atomic E-state index is 0.0161. The molecule has 0 aliphatic rings. The Labute approximate surface area is 200 Å². The molecule has 3 aromatic heterocycles. The molecule has 0 unspecified atom stereocenters. The van der Waals surface area contributed by atoms with Gasteiger partial charge in [0.15, 0.2) is 11.6 Å². The van der Waals surface area contributed by atoms with E-state index in [9.17, 15) is 8.78 Å². The standard InChI is InChI=1S/C24H21F2N9/c1-15(17-5-9-27-10-6-17)32-34-22-14-23(35-33-16(2)18-7-11-28-12-8-18)31-24(30-22)29-21-4-3-19(25)13-20(21)26/h3-14H,1-2H3,(H3,29,30,31,34,35). The van der Waals surface area contributed by atoms with Crippen molar-refractivity contribution in [1.82, 2.24) is 19.9 Å². The second-order valence-electron chi connectivity index (χ2n) is 7.30. The second kappa shape index (κ2) is 10.9. The fraction of sp³-hybridized carbons (Fsp3) is 0.0833. The third-order valence-corrected chi connectivity index (χ3v) is 4.78. The first kappa shape index (κ1) is 23.4. The van der Waals surface area contributed by atoms with Gasteiger partial charge in [-0.15, -0.1) is 0 Å². The molecule has 0 radical (unpaired) electrons. The highest BCUT2D eigenvalue weighted by Crippen LogP contribution is 2.22. The Morgan fingerprint density at radius 1 is 0.714 bits per heavy atom. The van der Waals surface area contributed by atoms with Crippen LogP contribution in [0.1, 0.15) is 25.0 Å². The van der Waals surface area contributed by atoms with Gasteiger partial charge < -0.3 is 5.32 Å². The summed E-state index contributed by atoms with van der Waals surface area (Å²) in [4.78, 5) is 16.7. The maximum Gasteiger partial charge on any atom is 0.231 e. The minimum atomic E-state index is -0.778. The van der Waals surface area contributed by atoms with Gasteiger partial charge in [-0.3, -0.25) is 20.8 Å². The van der Waals surface area contributed by atoms with Gasteiger partial charge in [-0.25, -0.2) is 8.78 Å². The van der Waals surface area contributed by atoms with E-state index in [4.69, 9.17) is 0 Å². The summed E-state index contributed by atoms with van der Waals surface area (Å²) in [7, 11) is 0. The van der Waals surface area contributed by atoms with Crippen molar-refractivity contribution in [3.63, 3.8) is 0 Å².